The zero-order valence-electron chi connectivity index (χ0n) is 7.15. The van der Waals surface area contributed by atoms with E-state index in [0.717, 1.165) is 25.1 Å². The second-order valence-corrected chi connectivity index (χ2v) is 3.17. The van der Waals surface area contributed by atoms with Crippen molar-refractivity contribution in [3.63, 3.8) is 0 Å². The normalized spacial score (nSPS) is 11.5. The first kappa shape index (κ1) is 11.0. The summed E-state index contributed by atoms with van der Waals surface area (Å²) in [4.78, 5) is 10.6. The van der Waals surface area contributed by atoms with Crippen LogP contribution in [0, 0.1) is 5.82 Å². The van der Waals surface area contributed by atoms with E-state index in [4.69, 9.17) is 11.6 Å². The minimum atomic E-state index is -3.61. The molecular formula is C9H6ClF3O. The summed E-state index contributed by atoms with van der Waals surface area (Å²) in [7, 11) is 0. The third kappa shape index (κ3) is 1.90. The molecule has 0 aromatic heterocycles. The van der Waals surface area contributed by atoms with Crippen molar-refractivity contribution in [3.05, 3.63) is 34.6 Å². The fraction of sp³-hybridized carbons (Fsp3) is 0.222. The highest BCUT2D eigenvalue weighted by Gasteiger charge is 2.37. The van der Waals surface area contributed by atoms with E-state index < -0.39 is 28.1 Å². The van der Waals surface area contributed by atoms with E-state index in [-0.39, 0.29) is 0 Å². The molecule has 0 aliphatic carbocycles. The second kappa shape index (κ2) is 3.61. The lowest BCUT2D eigenvalue weighted by Crippen LogP contribution is -2.23. The number of alkyl halides is 2. The zero-order valence-corrected chi connectivity index (χ0v) is 7.91. The Kier molecular flexibility index (Phi) is 2.85. The molecule has 76 valence electrons. The van der Waals surface area contributed by atoms with Crippen LogP contribution in [0.25, 0.3) is 0 Å². The molecule has 0 unspecified atom stereocenters. The van der Waals surface area contributed by atoms with Gasteiger partial charge in [0, 0.05) is 12.5 Å². The lowest BCUT2D eigenvalue weighted by Gasteiger charge is -2.12. The monoisotopic (exact) mass is 222 g/mol. The van der Waals surface area contributed by atoms with Crippen LogP contribution in [0.2, 0.25) is 5.02 Å². The lowest BCUT2D eigenvalue weighted by molar-refractivity contribution is -0.141. The molecule has 0 radical (unpaired) electrons. The van der Waals surface area contributed by atoms with Crippen LogP contribution < -0.4 is 0 Å². The van der Waals surface area contributed by atoms with Gasteiger partial charge in [-0.15, -0.1) is 0 Å². The van der Waals surface area contributed by atoms with Crippen molar-refractivity contribution >= 4 is 17.4 Å². The minimum absolute atomic E-state index is 0.427. The predicted molar refractivity (Wildman–Crippen MR) is 46.0 cm³/mol. The van der Waals surface area contributed by atoms with E-state index in [2.05, 4.69) is 0 Å². The Hall–Kier alpha value is -1.03. The van der Waals surface area contributed by atoms with Crippen molar-refractivity contribution in [3.8, 4) is 0 Å². The average molecular weight is 223 g/mol. The van der Waals surface area contributed by atoms with Gasteiger partial charge in [0.2, 0.25) is 5.78 Å². The van der Waals surface area contributed by atoms with Gasteiger partial charge in [0.05, 0.1) is 5.02 Å². The van der Waals surface area contributed by atoms with Crippen molar-refractivity contribution in [2.45, 2.75) is 12.8 Å². The molecule has 1 aromatic carbocycles. The minimum Gasteiger partial charge on any atom is -0.293 e. The van der Waals surface area contributed by atoms with Gasteiger partial charge in [0.25, 0.3) is 0 Å². The number of hydrogen-bond donors (Lipinski definition) is 0. The summed E-state index contributed by atoms with van der Waals surface area (Å²) in [5, 5.41) is -0.427. The first-order chi connectivity index (χ1) is 6.35. The molecule has 0 fully saturated rings. The molecule has 14 heavy (non-hydrogen) atoms. The van der Waals surface area contributed by atoms with Crippen molar-refractivity contribution in [1.82, 2.24) is 0 Å². The average Bonchev–Trinajstić information content (AvgIpc) is 2.09. The number of rotatable bonds is 2. The van der Waals surface area contributed by atoms with E-state index in [9.17, 15) is 18.0 Å². The number of hydrogen-bond acceptors (Lipinski definition) is 1. The van der Waals surface area contributed by atoms with Crippen molar-refractivity contribution < 1.29 is 18.0 Å². The van der Waals surface area contributed by atoms with Crippen LogP contribution in [-0.4, -0.2) is 5.78 Å². The summed E-state index contributed by atoms with van der Waals surface area (Å²) in [5.41, 5.74) is -0.601. The largest absolute Gasteiger partial charge is 0.330 e. The predicted octanol–water partition coefficient (Wildman–Crippen LogP) is 3.16. The number of ketones is 1. The van der Waals surface area contributed by atoms with E-state index in [1.54, 1.807) is 0 Å². The van der Waals surface area contributed by atoms with E-state index in [1.807, 2.05) is 0 Å². The molecule has 0 spiro atoms. The Bertz CT molecular complexity index is 376. The second-order valence-electron chi connectivity index (χ2n) is 2.76. The first-order valence-corrected chi connectivity index (χ1v) is 4.08. The first-order valence-electron chi connectivity index (χ1n) is 3.70. The van der Waals surface area contributed by atoms with Crippen molar-refractivity contribution in [2.24, 2.45) is 0 Å². The van der Waals surface area contributed by atoms with Gasteiger partial charge in [-0.05, 0) is 18.2 Å². The maximum atomic E-state index is 13.1. The maximum absolute atomic E-state index is 13.1. The molecule has 0 saturated heterocycles. The van der Waals surface area contributed by atoms with Gasteiger partial charge in [0.1, 0.15) is 5.82 Å². The van der Waals surface area contributed by atoms with Crippen molar-refractivity contribution in [1.29, 1.82) is 0 Å². The highest BCUT2D eigenvalue weighted by molar-refractivity contribution is 6.30. The fourth-order valence-corrected chi connectivity index (χ4v) is 1.08. The van der Waals surface area contributed by atoms with Gasteiger partial charge in [-0.3, -0.25) is 4.79 Å². The van der Waals surface area contributed by atoms with Gasteiger partial charge in [0.15, 0.2) is 0 Å². The van der Waals surface area contributed by atoms with Gasteiger partial charge < -0.3 is 0 Å². The SMILES string of the molecule is CC(=O)C(F)(F)c1ccc(F)c(Cl)c1. The summed E-state index contributed by atoms with van der Waals surface area (Å²) in [6.45, 7) is 0.761. The third-order valence-electron chi connectivity index (χ3n) is 1.72. The van der Waals surface area contributed by atoms with Crippen LogP contribution >= 0.6 is 11.6 Å². The fourth-order valence-electron chi connectivity index (χ4n) is 0.895. The Labute approximate surface area is 83.5 Å². The quantitative estimate of drug-likeness (QED) is 0.751. The Morgan fingerprint density at radius 1 is 1.43 bits per heavy atom. The van der Waals surface area contributed by atoms with Crippen LogP contribution in [0.5, 0.6) is 0 Å². The van der Waals surface area contributed by atoms with Crippen LogP contribution in [0.4, 0.5) is 13.2 Å². The molecular weight excluding hydrogens is 217 g/mol. The molecule has 1 rings (SSSR count). The summed E-state index contributed by atoms with van der Waals surface area (Å²) in [6.07, 6.45) is 0. The van der Waals surface area contributed by atoms with E-state index in [0.29, 0.717) is 0 Å². The smallest absolute Gasteiger partial charge is 0.293 e. The lowest BCUT2D eigenvalue weighted by atomic mass is 10.1. The molecule has 0 N–H and O–H groups in total. The molecule has 0 heterocycles. The van der Waals surface area contributed by atoms with Crippen LogP contribution in [0.15, 0.2) is 18.2 Å². The molecule has 0 aliphatic rings. The van der Waals surface area contributed by atoms with Gasteiger partial charge >= 0.3 is 5.92 Å². The maximum Gasteiger partial charge on any atom is 0.330 e. The Morgan fingerprint density at radius 2 is 2.00 bits per heavy atom. The number of carbonyl (C=O) groups is 1. The number of benzene rings is 1. The molecule has 1 aromatic rings. The third-order valence-corrected chi connectivity index (χ3v) is 2.01. The van der Waals surface area contributed by atoms with Gasteiger partial charge in [-0.1, -0.05) is 11.6 Å². The topological polar surface area (TPSA) is 17.1 Å². The van der Waals surface area contributed by atoms with Crippen LogP contribution in [-0.2, 0) is 10.7 Å². The molecule has 0 bridgehead atoms. The highest BCUT2D eigenvalue weighted by atomic mass is 35.5. The molecule has 0 aliphatic heterocycles. The Morgan fingerprint density at radius 3 is 2.43 bits per heavy atom. The van der Waals surface area contributed by atoms with E-state index in [1.165, 1.54) is 0 Å². The molecule has 0 saturated carbocycles. The molecule has 0 amide bonds. The van der Waals surface area contributed by atoms with Crippen LogP contribution in [0.3, 0.4) is 0 Å². The Balaban J connectivity index is 3.21. The number of halogens is 4. The zero-order chi connectivity index (χ0) is 10.9. The highest BCUT2D eigenvalue weighted by Crippen LogP contribution is 2.31. The van der Waals surface area contributed by atoms with Gasteiger partial charge in [-0.25, -0.2) is 4.39 Å². The van der Waals surface area contributed by atoms with E-state index >= 15 is 0 Å². The molecule has 5 heteroatoms. The number of carbonyl (C=O) groups excluding carboxylic acids is 1. The summed E-state index contributed by atoms with van der Waals surface area (Å²) < 4.78 is 38.7. The standard InChI is InChI=1S/C9H6ClF3O/c1-5(14)9(12,13)6-2-3-8(11)7(10)4-6/h2-4H,1H3. The van der Waals surface area contributed by atoms with Crippen molar-refractivity contribution in [2.75, 3.05) is 0 Å². The number of Topliss-reactive ketones (excluding diaryl/α,β-unsaturated/α-hetero) is 1. The van der Waals surface area contributed by atoms with Gasteiger partial charge in [-0.2, -0.15) is 8.78 Å². The molecule has 1 nitrogen and oxygen atoms in total. The summed E-state index contributed by atoms with van der Waals surface area (Å²) in [5.74, 6) is -5.72. The van der Waals surface area contributed by atoms with Crippen LogP contribution in [0.1, 0.15) is 12.5 Å². The molecule has 0 atom stereocenters. The summed E-state index contributed by atoms with van der Waals surface area (Å²) >= 11 is 5.30. The summed E-state index contributed by atoms with van der Waals surface area (Å²) in [6, 6.07) is 2.38.